The molecule has 0 amide bonds. The smallest absolute Gasteiger partial charge is 0.0493 e. The average Bonchev–Trinajstić information content (AvgIpc) is 2.80. The zero-order valence-electron chi connectivity index (χ0n) is 12.4. The van der Waals surface area contributed by atoms with Gasteiger partial charge >= 0.3 is 0 Å². The quantitative estimate of drug-likeness (QED) is 0.746. The molecule has 1 aromatic heterocycles. The Balaban J connectivity index is 2.38. The van der Waals surface area contributed by atoms with E-state index >= 15 is 0 Å². The van der Waals surface area contributed by atoms with Gasteiger partial charge in [-0.25, -0.2) is 0 Å². The lowest BCUT2D eigenvalue weighted by Crippen LogP contribution is -2.08. The summed E-state index contributed by atoms with van der Waals surface area (Å²) in [5, 5.41) is 2.68. The Morgan fingerprint density at radius 1 is 0.950 bits per heavy atom. The number of nitrogens with zero attached hydrogens (tertiary/aromatic N) is 1. The maximum Gasteiger partial charge on any atom is 0.0493 e. The molecule has 0 radical (unpaired) electrons. The van der Waals surface area contributed by atoms with Crippen molar-refractivity contribution in [2.45, 2.75) is 32.7 Å². The second-order valence-corrected chi connectivity index (χ2v) is 5.89. The molecule has 2 N–H and O–H groups in total. The molecule has 104 valence electrons. The molecule has 2 aromatic carbocycles. The number of fused-ring (bicyclic) bond motifs is 3. The van der Waals surface area contributed by atoms with Crippen molar-refractivity contribution in [2.24, 2.45) is 5.73 Å². The molecular weight excluding hydrogens is 244 g/mol. The molecule has 0 aliphatic rings. The molecule has 1 atom stereocenters. The first kappa shape index (κ1) is 13.2. The van der Waals surface area contributed by atoms with Crippen LogP contribution in [0.3, 0.4) is 0 Å². The van der Waals surface area contributed by atoms with Gasteiger partial charge in [-0.15, -0.1) is 0 Å². The molecular formula is C18H22N2. The van der Waals surface area contributed by atoms with Crippen LogP contribution in [0.15, 0.2) is 42.5 Å². The fraction of sp³-hybridized carbons (Fsp3) is 0.333. The number of hydrogen-bond acceptors (Lipinski definition) is 1. The van der Waals surface area contributed by atoms with Crippen molar-refractivity contribution in [2.75, 3.05) is 6.54 Å². The van der Waals surface area contributed by atoms with E-state index < -0.39 is 0 Å². The molecule has 3 aromatic rings. The minimum Gasteiger partial charge on any atom is -0.338 e. The molecule has 0 aliphatic carbocycles. The Morgan fingerprint density at radius 3 is 2.35 bits per heavy atom. The minimum absolute atomic E-state index is 0.403. The van der Waals surface area contributed by atoms with Gasteiger partial charge in [-0.3, -0.25) is 0 Å². The van der Waals surface area contributed by atoms with Crippen LogP contribution in [0.2, 0.25) is 0 Å². The third-order valence-corrected chi connectivity index (χ3v) is 4.17. The molecule has 0 saturated heterocycles. The van der Waals surface area contributed by atoms with E-state index in [1.54, 1.807) is 0 Å². The average molecular weight is 266 g/mol. The Labute approximate surface area is 120 Å². The lowest BCUT2D eigenvalue weighted by atomic mass is 9.99. The zero-order valence-corrected chi connectivity index (χ0v) is 12.4. The molecule has 2 nitrogen and oxygen atoms in total. The first-order valence-corrected chi connectivity index (χ1v) is 7.36. The lowest BCUT2D eigenvalue weighted by molar-refractivity contribution is 0.642. The lowest BCUT2D eigenvalue weighted by Gasteiger charge is -2.12. The van der Waals surface area contributed by atoms with Crippen LogP contribution in [0, 0.1) is 0 Å². The van der Waals surface area contributed by atoms with Gasteiger partial charge in [0.25, 0.3) is 0 Å². The van der Waals surface area contributed by atoms with Gasteiger partial charge in [0.05, 0.1) is 0 Å². The Hall–Kier alpha value is -1.80. The van der Waals surface area contributed by atoms with Gasteiger partial charge in [0.15, 0.2) is 0 Å². The number of rotatable bonds is 3. The van der Waals surface area contributed by atoms with E-state index in [2.05, 4.69) is 67.8 Å². The Bertz CT molecular complexity index is 753. The van der Waals surface area contributed by atoms with Crippen molar-refractivity contribution in [1.29, 1.82) is 0 Å². The Morgan fingerprint density at radius 2 is 1.65 bits per heavy atom. The SMILES string of the molecule is CC(CN)c1ccc2c(c1)c1ccccc1n2C(C)C. The van der Waals surface area contributed by atoms with Crippen LogP contribution in [0.1, 0.15) is 38.3 Å². The van der Waals surface area contributed by atoms with E-state index in [0.717, 1.165) is 0 Å². The zero-order chi connectivity index (χ0) is 14.3. The van der Waals surface area contributed by atoms with Crippen molar-refractivity contribution in [3.05, 3.63) is 48.0 Å². The number of aromatic nitrogens is 1. The minimum atomic E-state index is 0.403. The molecule has 1 unspecified atom stereocenters. The third-order valence-electron chi connectivity index (χ3n) is 4.17. The van der Waals surface area contributed by atoms with Crippen LogP contribution in [-0.4, -0.2) is 11.1 Å². The molecule has 0 fully saturated rings. The van der Waals surface area contributed by atoms with Crippen LogP contribution in [0.5, 0.6) is 0 Å². The first-order chi connectivity index (χ1) is 9.63. The number of nitrogens with two attached hydrogens (primary N) is 1. The highest BCUT2D eigenvalue weighted by Crippen LogP contribution is 2.33. The molecule has 2 heteroatoms. The molecule has 0 saturated carbocycles. The second-order valence-electron chi connectivity index (χ2n) is 5.89. The summed E-state index contributed by atoms with van der Waals surface area (Å²) in [7, 11) is 0. The van der Waals surface area contributed by atoms with Gasteiger partial charge < -0.3 is 10.3 Å². The second kappa shape index (κ2) is 4.95. The highest BCUT2D eigenvalue weighted by molar-refractivity contribution is 6.08. The summed E-state index contributed by atoms with van der Waals surface area (Å²) in [6, 6.07) is 15.9. The Kier molecular flexibility index (Phi) is 3.27. The number of para-hydroxylation sites is 1. The van der Waals surface area contributed by atoms with E-state index in [9.17, 15) is 0 Å². The van der Waals surface area contributed by atoms with Crippen LogP contribution < -0.4 is 5.73 Å². The largest absolute Gasteiger partial charge is 0.338 e. The highest BCUT2D eigenvalue weighted by Gasteiger charge is 2.13. The predicted octanol–water partition coefficient (Wildman–Crippen LogP) is 4.44. The van der Waals surface area contributed by atoms with Crippen LogP contribution in [0.4, 0.5) is 0 Å². The summed E-state index contributed by atoms with van der Waals surface area (Å²) in [5.41, 5.74) is 9.76. The van der Waals surface area contributed by atoms with Crippen LogP contribution >= 0.6 is 0 Å². The molecule has 0 aliphatic heterocycles. The fourth-order valence-electron chi connectivity index (χ4n) is 3.02. The summed E-state index contributed by atoms with van der Waals surface area (Å²) in [4.78, 5) is 0. The topological polar surface area (TPSA) is 30.9 Å². The van der Waals surface area contributed by atoms with Gasteiger partial charge in [-0.2, -0.15) is 0 Å². The van der Waals surface area contributed by atoms with Crippen molar-refractivity contribution in [3.8, 4) is 0 Å². The van der Waals surface area contributed by atoms with Gasteiger partial charge in [0, 0.05) is 27.8 Å². The van der Waals surface area contributed by atoms with E-state index in [1.807, 2.05) is 0 Å². The number of hydrogen-bond donors (Lipinski definition) is 1. The summed E-state index contributed by atoms with van der Waals surface area (Å²) in [5.74, 6) is 0.403. The summed E-state index contributed by atoms with van der Waals surface area (Å²) in [6.45, 7) is 7.35. The summed E-state index contributed by atoms with van der Waals surface area (Å²) in [6.07, 6.45) is 0. The molecule has 1 heterocycles. The molecule has 0 spiro atoms. The van der Waals surface area contributed by atoms with Gasteiger partial charge in [-0.1, -0.05) is 31.2 Å². The normalized spacial score (nSPS) is 13.4. The first-order valence-electron chi connectivity index (χ1n) is 7.36. The van der Waals surface area contributed by atoms with Gasteiger partial charge in [0.1, 0.15) is 0 Å². The van der Waals surface area contributed by atoms with Gasteiger partial charge in [-0.05, 0) is 50.1 Å². The van der Waals surface area contributed by atoms with Crippen LogP contribution in [0.25, 0.3) is 21.8 Å². The molecule has 3 rings (SSSR count). The van der Waals surface area contributed by atoms with E-state index in [1.165, 1.54) is 27.4 Å². The predicted molar refractivity (Wildman–Crippen MR) is 87.3 cm³/mol. The monoisotopic (exact) mass is 266 g/mol. The summed E-state index contributed by atoms with van der Waals surface area (Å²) >= 11 is 0. The van der Waals surface area contributed by atoms with E-state index in [0.29, 0.717) is 18.5 Å². The van der Waals surface area contributed by atoms with E-state index in [-0.39, 0.29) is 0 Å². The molecule has 20 heavy (non-hydrogen) atoms. The maximum atomic E-state index is 5.81. The van der Waals surface area contributed by atoms with Crippen molar-refractivity contribution in [1.82, 2.24) is 4.57 Å². The van der Waals surface area contributed by atoms with Gasteiger partial charge in [0.2, 0.25) is 0 Å². The summed E-state index contributed by atoms with van der Waals surface area (Å²) < 4.78 is 2.42. The maximum absolute atomic E-state index is 5.81. The van der Waals surface area contributed by atoms with Crippen molar-refractivity contribution >= 4 is 21.8 Å². The fourth-order valence-corrected chi connectivity index (χ4v) is 3.02. The highest BCUT2D eigenvalue weighted by atomic mass is 15.0. The van der Waals surface area contributed by atoms with Crippen LogP contribution in [-0.2, 0) is 0 Å². The van der Waals surface area contributed by atoms with Crippen molar-refractivity contribution in [3.63, 3.8) is 0 Å². The van der Waals surface area contributed by atoms with E-state index in [4.69, 9.17) is 5.73 Å². The standard InChI is InChI=1S/C18H22N2/c1-12(2)20-17-7-5-4-6-15(17)16-10-14(13(3)11-19)8-9-18(16)20/h4-10,12-13H,11,19H2,1-3H3. The molecule has 0 bridgehead atoms. The third kappa shape index (κ3) is 1.92. The van der Waals surface area contributed by atoms with Crippen molar-refractivity contribution < 1.29 is 0 Å². The number of benzene rings is 2.